The fourth-order valence-electron chi connectivity index (χ4n) is 1.87. The molecule has 88 valence electrons. The van der Waals surface area contributed by atoms with Gasteiger partial charge in [0, 0.05) is 38.4 Å². The summed E-state index contributed by atoms with van der Waals surface area (Å²) in [5.41, 5.74) is 5.70. The Morgan fingerprint density at radius 3 is 2.87 bits per heavy atom. The molecule has 1 aliphatic rings. The Bertz CT molecular complexity index is 213. The van der Waals surface area contributed by atoms with Crippen molar-refractivity contribution >= 4 is 17.7 Å². The zero-order valence-electron chi connectivity index (χ0n) is 9.61. The van der Waals surface area contributed by atoms with Gasteiger partial charge >= 0.3 is 0 Å². The maximum Gasteiger partial charge on any atom is 0.223 e. The fourth-order valence-corrected chi connectivity index (χ4v) is 2.25. The lowest BCUT2D eigenvalue weighted by Gasteiger charge is -2.39. The zero-order valence-corrected chi connectivity index (χ0v) is 10.4. The number of nitrogens with zero attached hydrogens (tertiary/aromatic N) is 2. The van der Waals surface area contributed by atoms with Gasteiger partial charge in [-0.1, -0.05) is 0 Å². The SMILES string of the molecule is CSCCC(=O)N1CCN(C)CC1CN. The first-order valence-electron chi connectivity index (χ1n) is 5.36. The van der Waals surface area contributed by atoms with E-state index in [0.29, 0.717) is 13.0 Å². The topological polar surface area (TPSA) is 49.6 Å². The van der Waals surface area contributed by atoms with E-state index < -0.39 is 0 Å². The van der Waals surface area contributed by atoms with Gasteiger partial charge in [0.2, 0.25) is 5.91 Å². The second-order valence-corrected chi connectivity index (χ2v) is 4.97. The summed E-state index contributed by atoms with van der Waals surface area (Å²) < 4.78 is 0. The molecule has 0 spiro atoms. The van der Waals surface area contributed by atoms with Gasteiger partial charge in [-0.2, -0.15) is 11.8 Å². The molecule has 0 aromatic carbocycles. The highest BCUT2D eigenvalue weighted by Crippen LogP contribution is 2.10. The first-order chi connectivity index (χ1) is 7.19. The Hall–Kier alpha value is -0.260. The van der Waals surface area contributed by atoms with E-state index in [4.69, 9.17) is 5.73 Å². The minimum Gasteiger partial charge on any atom is -0.336 e. The molecule has 4 nitrogen and oxygen atoms in total. The van der Waals surface area contributed by atoms with E-state index in [0.717, 1.165) is 25.4 Å². The predicted octanol–water partition coefficient (Wildman–Crippen LogP) is -0.159. The zero-order chi connectivity index (χ0) is 11.3. The molecule has 0 radical (unpaired) electrons. The fraction of sp³-hybridized carbons (Fsp3) is 0.900. The molecule has 2 N–H and O–H groups in total. The molecule has 0 aromatic heterocycles. The summed E-state index contributed by atoms with van der Waals surface area (Å²) >= 11 is 1.71. The van der Waals surface area contributed by atoms with E-state index in [1.54, 1.807) is 11.8 Å². The highest BCUT2D eigenvalue weighted by Gasteiger charge is 2.27. The summed E-state index contributed by atoms with van der Waals surface area (Å²) in [4.78, 5) is 16.1. The molecule has 15 heavy (non-hydrogen) atoms. The maximum atomic E-state index is 11.9. The van der Waals surface area contributed by atoms with Crippen LogP contribution in [0.5, 0.6) is 0 Å². The molecule has 1 rings (SSSR count). The summed E-state index contributed by atoms with van der Waals surface area (Å²) in [6, 6.07) is 0.207. The largest absolute Gasteiger partial charge is 0.336 e. The molecule has 1 fully saturated rings. The summed E-state index contributed by atoms with van der Waals surface area (Å²) in [5.74, 6) is 1.16. The monoisotopic (exact) mass is 231 g/mol. The minimum absolute atomic E-state index is 0.207. The average Bonchev–Trinajstić information content (AvgIpc) is 2.25. The van der Waals surface area contributed by atoms with Crippen LogP contribution in [0, 0.1) is 0 Å². The van der Waals surface area contributed by atoms with Crippen molar-refractivity contribution in [3.8, 4) is 0 Å². The average molecular weight is 231 g/mol. The second kappa shape index (κ2) is 6.35. The molecular weight excluding hydrogens is 210 g/mol. The number of hydrogen-bond acceptors (Lipinski definition) is 4. The Morgan fingerprint density at radius 2 is 2.27 bits per heavy atom. The number of likely N-dealkylation sites (N-methyl/N-ethyl adjacent to an activating group) is 1. The lowest BCUT2D eigenvalue weighted by atomic mass is 10.1. The number of piperazine rings is 1. The van der Waals surface area contributed by atoms with Gasteiger partial charge in [-0.25, -0.2) is 0 Å². The van der Waals surface area contributed by atoms with Gasteiger partial charge in [-0.15, -0.1) is 0 Å². The number of amides is 1. The van der Waals surface area contributed by atoms with Crippen molar-refractivity contribution in [3.63, 3.8) is 0 Å². The van der Waals surface area contributed by atoms with Gasteiger partial charge in [-0.3, -0.25) is 4.79 Å². The Labute approximate surface area is 96.2 Å². The van der Waals surface area contributed by atoms with Crippen molar-refractivity contribution in [1.82, 2.24) is 9.80 Å². The minimum atomic E-state index is 0.207. The van der Waals surface area contributed by atoms with Gasteiger partial charge in [0.05, 0.1) is 6.04 Å². The van der Waals surface area contributed by atoms with Crippen LogP contribution in [0.15, 0.2) is 0 Å². The third-order valence-electron chi connectivity index (χ3n) is 2.80. The van der Waals surface area contributed by atoms with E-state index in [-0.39, 0.29) is 11.9 Å². The van der Waals surface area contributed by atoms with Crippen LogP contribution in [-0.4, -0.2) is 67.0 Å². The van der Waals surface area contributed by atoms with Crippen LogP contribution in [0.1, 0.15) is 6.42 Å². The molecule has 5 heteroatoms. The first kappa shape index (κ1) is 12.8. The molecule has 1 amide bonds. The molecule has 0 saturated carbocycles. The van der Waals surface area contributed by atoms with Crippen molar-refractivity contribution in [2.45, 2.75) is 12.5 Å². The summed E-state index contributed by atoms with van der Waals surface area (Å²) in [6.07, 6.45) is 2.67. The van der Waals surface area contributed by atoms with Crippen molar-refractivity contribution in [3.05, 3.63) is 0 Å². The molecular formula is C10H21N3OS. The van der Waals surface area contributed by atoms with Gasteiger partial charge in [0.1, 0.15) is 0 Å². The van der Waals surface area contributed by atoms with Crippen LogP contribution < -0.4 is 5.73 Å². The van der Waals surface area contributed by atoms with E-state index in [2.05, 4.69) is 11.9 Å². The number of thioether (sulfide) groups is 1. The molecule has 0 bridgehead atoms. The quantitative estimate of drug-likeness (QED) is 0.730. The lowest BCUT2D eigenvalue weighted by Crippen LogP contribution is -2.56. The van der Waals surface area contributed by atoms with E-state index in [9.17, 15) is 4.79 Å². The standard InChI is InChI=1S/C10H21N3OS/c1-12-4-5-13(9(7-11)8-12)10(14)3-6-15-2/h9H,3-8,11H2,1-2H3. The highest BCUT2D eigenvalue weighted by atomic mass is 32.2. The van der Waals surface area contributed by atoms with Gasteiger partial charge in [0.25, 0.3) is 0 Å². The number of carbonyl (C=O) groups is 1. The van der Waals surface area contributed by atoms with Gasteiger partial charge < -0.3 is 15.5 Å². The van der Waals surface area contributed by atoms with E-state index in [1.807, 2.05) is 11.2 Å². The van der Waals surface area contributed by atoms with Crippen LogP contribution in [0.3, 0.4) is 0 Å². The molecule has 0 aliphatic carbocycles. The lowest BCUT2D eigenvalue weighted by molar-refractivity contribution is -0.135. The van der Waals surface area contributed by atoms with Crippen LogP contribution in [0.4, 0.5) is 0 Å². The molecule has 1 atom stereocenters. The van der Waals surface area contributed by atoms with Crippen LogP contribution in [0.25, 0.3) is 0 Å². The Morgan fingerprint density at radius 1 is 1.53 bits per heavy atom. The molecule has 0 aromatic rings. The van der Waals surface area contributed by atoms with Gasteiger partial charge in [0.15, 0.2) is 0 Å². The first-order valence-corrected chi connectivity index (χ1v) is 6.75. The molecule has 1 unspecified atom stereocenters. The van der Waals surface area contributed by atoms with Crippen molar-refractivity contribution in [2.75, 3.05) is 45.2 Å². The van der Waals surface area contributed by atoms with Crippen molar-refractivity contribution in [2.24, 2.45) is 5.73 Å². The smallest absolute Gasteiger partial charge is 0.223 e. The number of rotatable bonds is 4. The van der Waals surface area contributed by atoms with Crippen LogP contribution in [0.2, 0.25) is 0 Å². The van der Waals surface area contributed by atoms with Crippen molar-refractivity contribution < 1.29 is 4.79 Å². The second-order valence-electron chi connectivity index (χ2n) is 3.98. The number of carbonyl (C=O) groups excluding carboxylic acids is 1. The van der Waals surface area contributed by atoms with Crippen LogP contribution >= 0.6 is 11.8 Å². The van der Waals surface area contributed by atoms with Gasteiger partial charge in [-0.05, 0) is 13.3 Å². The third kappa shape index (κ3) is 3.66. The molecule has 1 aliphatic heterocycles. The highest BCUT2D eigenvalue weighted by molar-refractivity contribution is 7.98. The Balaban J connectivity index is 2.47. The molecule has 1 heterocycles. The summed E-state index contributed by atoms with van der Waals surface area (Å²) in [7, 11) is 2.08. The normalized spacial score (nSPS) is 23.1. The Kier molecular flexibility index (Phi) is 5.42. The van der Waals surface area contributed by atoms with E-state index in [1.165, 1.54) is 0 Å². The summed E-state index contributed by atoms with van der Waals surface area (Å²) in [5, 5.41) is 0. The van der Waals surface area contributed by atoms with E-state index >= 15 is 0 Å². The maximum absolute atomic E-state index is 11.9. The number of nitrogens with two attached hydrogens (primary N) is 1. The third-order valence-corrected chi connectivity index (χ3v) is 3.41. The predicted molar refractivity (Wildman–Crippen MR) is 65.1 cm³/mol. The van der Waals surface area contributed by atoms with Crippen LogP contribution in [-0.2, 0) is 4.79 Å². The van der Waals surface area contributed by atoms with Crippen molar-refractivity contribution in [1.29, 1.82) is 0 Å². The molecule has 1 saturated heterocycles. The number of hydrogen-bond donors (Lipinski definition) is 1. The summed E-state index contributed by atoms with van der Waals surface area (Å²) in [6.45, 7) is 3.25.